The number of nitrogens with one attached hydrogen (secondary N) is 1. The lowest BCUT2D eigenvalue weighted by Crippen LogP contribution is -2.14. The maximum absolute atomic E-state index is 5.86. The molecule has 0 saturated heterocycles. The zero-order chi connectivity index (χ0) is 14.4. The van der Waals surface area contributed by atoms with Crippen molar-refractivity contribution in [2.24, 2.45) is 0 Å². The van der Waals surface area contributed by atoms with Gasteiger partial charge in [0, 0.05) is 24.7 Å². The Labute approximate surface area is 128 Å². The highest BCUT2D eigenvalue weighted by Crippen LogP contribution is 2.27. The van der Waals surface area contributed by atoms with Crippen molar-refractivity contribution in [1.29, 1.82) is 0 Å². The minimum atomic E-state index is 0.521. The molecule has 0 bridgehead atoms. The summed E-state index contributed by atoms with van der Waals surface area (Å²) in [6.45, 7) is 4.49. The Morgan fingerprint density at radius 2 is 2.25 bits per heavy atom. The topological polar surface area (TPSA) is 47.0 Å². The van der Waals surface area contributed by atoms with Crippen LogP contribution in [0, 0.1) is 0 Å². The standard InChI is InChI=1S/C14H18ClN3OS/c1-3-6-16-8-13-12(9-19-2)18-14(20-13)11-5-4-10(15)7-17-11/h4-5,7,16H,3,6,8-9H2,1-2H3. The Kier molecular flexibility index (Phi) is 5.91. The predicted octanol–water partition coefficient (Wildman–Crippen LogP) is 3.50. The average molecular weight is 312 g/mol. The van der Waals surface area contributed by atoms with Gasteiger partial charge in [0.2, 0.25) is 0 Å². The highest BCUT2D eigenvalue weighted by Gasteiger charge is 2.13. The molecule has 0 unspecified atom stereocenters. The first-order valence-corrected chi connectivity index (χ1v) is 7.74. The van der Waals surface area contributed by atoms with Gasteiger partial charge in [-0.25, -0.2) is 4.98 Å². The molecule has 108 valence electrons. The first-order valence-electron chi connectivity index (χ1n) is 6.54. The fourth-order valence-electron chi connectivity index (χ4n) is 1.76. The van der Waals surface area contributed by atoms with E-state index in [0.717, 1.165) is 35.9 Å². The van der Waals surface area contributed by atoms with Crippen LogP contribution >= 0.6 is 22.9 Å². The number of methoxy groups -OCH3 is 1. The number of pyridine rings is 1. The molecule has 0 aliphatic carbocycles. The van der Waals surface area contributed by atoms with Crippen molar-refractivity contribution in [2.45, 2.75) is 26.5 Å². The second kappa shape index (κ2) is 7.69. The third kappa shape index (κ3) is 3.99. The molecule has 0 radical (unpaired) electrons. The van der Waals surface area contributed by atoms with Crippen LogP contribution < -0.4 is 5.32 Å². The maximum Gasteiger partial charge on any atom is 0.142 e. The van der Waals surface area contributed by atoms with E-state index in [1.807, 2.05) is 12.1 Å². The zero-order valence-corrected chi connectivity index (χ0v) is 13.2. The molecule has 0 saturated carbocycles. The van der Waals surface area contributed by atoms with Crippen LogP contribution in [0.1, 0.15) is 23.9 Å². The number of thiazole rings is 1. The smallest absolute Gasteiger partial charge is 0.142 e. The molecule has 2 heterocycles. The number of halogens is 1. The number of hydrogen-bond acceptors (Lipinski definition) is 5. The van der Waals surface area contributed by atoms with E-state index in [9.17, 15) is 0 Å². The van der Waals surface area contributed by atoms with Crippen LogP contribution in [0.25, 0.3) is 10.7 Å². The van der Waals surface area contributed by atoms with Crippen molar-refractivity contribution in [3.63, 3.8) is 0 Å². The summed E-state index contributed by atoms with van der Waals surface area (Å²) in [5.41, 5.74) is 1.83. The molecule has 0 amide bonds. The average Bonchev–Trinajstić information content (AvgIpc) is 2.84. The molecule has 6 heteroatoms. The molecule has 4 nitrogen and oxygen atoms in total. The summed E-state index contributed by atoms with van der Waals surface area (Å²) in [7, 11) is 1.68. The maximum atomic E-state index is 5.86. The van der Waals surface area contributed by atoms with Gasteiger partial charge in [-0.05, 0) is 25.1 Å². The van der Waals surface area contributed by atoms with E-state index in [4.69, 9.17) is 16.3 Å². The largest absolute Gasteiger partial charge is 0.378 e. The Balaban J connectivity index is 2.21. The van der Waals surface area contributed by atoms with Gasteiger partial charge in [0.1, 0.15) is 5.01 Å². The lowest BCUT2D eigenvalue weighted by atomic mass is 10.3. The zero-order valence-electron chi connectivity index (χ0n) is 11.6. The molecule has 20 heavy (non-hydrogen) atoms. The molecule has 0 aliphatic rings. The first-order chi connectivity index (χ1) is 9.74. The summed E-state index contributed by atoms with van der Waals surface area (Å²) in [5.74, 6) is 0. The Morgan fingerprint density at radius 3 is 2.90 bits per heavy atom. The molecule has 0 atom stereocenters. The molecule has 2 rings (SSSR count). The SMILES string of the molecule is CCCNCc1sc(-c2ccc(Cl)cn2)nc1COC. The highest BCUT2D eigenvalue weighted by atomic mass is 35.5. The Hall–Kier alpha value is -1.01. The van der Waals surface area contributed by atoms with Crippen LogP contribution in [0.15, 0.2) is 18.3 Å². The van der Waals surface area contributed by atoms with Gasteiger partial charge in [0.25, 0.3) is 0 Å². The van der Waals surface area contributed by atoms with Gasteiger partial charge in [-0.2, -0.15) is 0 Å². The molecule has 1 N–H and O–H groups in total. The van der Waals surface area contributed by atoms with Crippen molar-refractivity contribution in [3.8, 4) is 10.7 Å². The summed E-state index contributed by atoms with van der Waals surface area (Å²) < 4.78 is 5.22. The number of hydrogen-bond donors (Lipinski definition) is 1. The summed E-state index contributed by atoms with van der Waals surface area (Å²) >= 11 is 7.51. The van der Waals surface area contributed by atoms with E-state index in [1.54, 1.807) is 24.6 Å². The van der Waals surface area contributed by atoms with E-state index < -0.39 is 0 Å². The lowest BCUT2D eigenvalue weighted by molar-refractivity contribution is 0.181. The lowest BCUT2D eigenvalue weighted by Gasteiger charge is -2.02. The van der Waals surface area contributed by atoms with Gasteiger partial charge < -0.3 is 10.1 Å². The molecule has 0 aromatic carbocycles. The van der Waals surface area contributed by atoms with Crippen LogP contribution in [0.3, 0.4) is 0 Å². The van der Waals surface area contributed by atoms with Gasteiger partial charge in [-0.3, -0.25) is 4.98 Å². The Morgan fingerprint density at radius 1 is 1.40 bits per heavy atom. The van der Waals surface area contributed by atoms with Gasteiger partial charge in [0.05, 0.1) is 23.0 Å². The fraction of sp³-hybridized carbons (Fsp3) is 0.429. The van der Waals surface area contributed by atoms with Crippen LogP contribution in [0.4, 0.5) is 0 Å². The van der Waals surface area contributed by atoms with Gasteiger partial charge in [0.15, 0.2) is 0 Å². The van der Waals surface area contributed by atoms with Crippen molar-refractivity contribution in [3.05, 3.63) is 33.9 Å². The Bertz CT molecular complexity index is 542. The highest BCUT2D eigenvalue weighted by molar-refractivity contribution is 7.15. The molecular formula is C14H18ClN3OS. The summed E-state index contributed by atoms with van der Waals surface area (Å²) in [6, 6.07) is 3.72. The monoisotopic (exact) mass is 311 g/mol. The quantitative estimate of drug-likeness (QED) is 0.795. The number of ether oxygens (including phenoxy) is 1. The molecule has 2 aromatic heterocycles. The first kappa shape index (κ1) is 15.4. The molecule has 0 fully saturated rings. The second-order valence-electron chi connectivity index (χ2n) is 4.36. The van der Waals surface area contributed by atoms with Gasteiger partial charge in [-0.15, -0.1) is 11.3 Å². The van der Waals surface area contributed by atoms with Crippen LogP contribution in [-0.4, -0.2) is 23.6 Å². The molecule has 0 spiro atoms. The summed E-state index contributed by atoms with van der Waals surface area (Å²) in [6.07, 6.45) is 2.76. The van der Waals surface area contributed by atoms with Crippen LogP contribution in [-0.2, 0) is 17.9 Å². The van der Waals surface area contributed by atoms with E-state index in [2.05, 4.69) is 22.2 Å². The minimum absolute atomic E-state index is 0.521. The second-order valence-corrected chi connectivity index (χ2v) is 5.88. The fourth-order valence-corrected chi connectivity index (χ4v) is 2.88. The van der Waals surface area contributed by atoms with E-state index in [-0.39, 0.29) is 0 Å². The third-order valence-electron chi connectivity index (χ3n) is 2.72. The van der Waals surface area contributed by atoms with Gasteiger partial charge >= 0.3 is 0 Å². The van der Waals surface area contributed by atoms with E-state index >= 15 is 0 Å². The predicted molar refractivity (Wildman–Crippen MR) is 83.1 cm³/mol. The number of aromatic nitrogens is 2. The number of rotatable bonds is 7. The van der Waals surface area contributed by atoms with Crippen LogP contribution in [0.2, 0.25) is 5.02 Å². The van der Waals surface area contributed by atoms with Crippen molar-refractivity contribution in [2.75, 3.05) is 13.7 Å². The number of nitrogens with zero attached hydrogens (tertiary/aromatic N) is 2. The molecule has 2 aromatic rings. The van der Waals surface area contributed by atoms with E-state index in [0.29, 0.717) is 11.6 Å². The van der Waals surface area contributed by atoms with Gasteiger partial charge in [-0.1, -0.05) is 18.5 Å². The van der Waals surface area contributed by atoms with E-state index in [1.165, 1.54) is 4.88 Å². The summed E-state index contributed by atoms with van der Waals surface area (Å²) in [5, 5.41) is 4.93. The van der Waals surface area contributed by atoms with Crippen molar-refractivity contribution >= 4 is 22.9 Å². The third-order valence-corrected chi connectivity index (χ3v) is 4.06. The van der Waals surface area contributed by atoms with Crippen molar-refractivity contribution in [1.82, 2.24) is 15.3 Å². The summed E-state index contributed by atoms with van der Waals surface area (Å²) in [4.78, 5) is 10.1. The molecular weight excluding hydrogens is 294 g/mol. The van der Waals surface area contributed by atoms with Crippen LogP contribution in [0.5, 0.6) is 0 Å². The van der Waals surface area contributed by atoms with Crippen molar-refractivity contribution < 1.29 is 4.74 Å². The normalized spacial score (nSPS) is 10.9. The minimum Gasteiger partial charge on any atom is -0.378 e. The molecule has 0 aliphatic heterocycles.